The van der Waals surface area contributed by atoms with E-state index >= 15 is 0 Å². The van der Waals surface area contributed by atoms with E-state index in [2.05, 4.69) is 39.5 Å². The fourth-order valence-corrected chi connectivity index (χ4v) is 1.94. The molecule has 1 aromatic rings. The average molecular weight is 341 g/mol. The summed E-state index contributed by atoms with van der Waals surface area (Å²) in [5.74, 6) is 0.769. The van der Waals surface area contributed by atoms with Crippen molar-refractivity contribution in [3.63, 3.8) is 0 Å². The van der Waals surface area contributed by atoms with Crippen molar-refractivity contribution in [2.24, 2.45) is 0 Å². The second-order valence-corrected chi connectivity index (χ2v) is 4.62. The van der Waals surface area contributed by atoms with Gasteiger partial charge in [-0.05, 0) is 29.0 Å². The van der Waals surface area contributed by atoms with Gasteiger partial charge < -0.3 is 4.74 Å². The van der Waals surface area contributed by atoms with E-state index in [1.54, 1.807) is 7.11 Å². The van der Waals surface area contributed by atoms with Crippen LogP contribution in [0.2, 0.25) is 5.15 Å². The van der Waals surface area contributed by atoms with Crippen molar-refractivity contribution in [3.05, 3.63) is 20.2 Å². The molecule has 0 bridgehead atoms. The van der Waals surface area contributed by atoms with Gasteiger partial charge >= 0.3 is 0 Å². The summed E-state index contributed by atoms with van der Waals surface area (Å²) in [7, 11) is 1.67. The molecule has 3 nitrogen and oxygen atoms in total. The third-order valence-electron chi connectivity index (χ3n) is 1.94. The standard InChI is InChI=1S/C10H14ClIN2O/c1-3-4-7-9(12)10(11)14-8(13-7)5-6-15-2/h3-6H2,1-2H3. The predicted molar refractivity (Wildman–Crippen MR) is 69.3 cm³/mol. The van der Waals surface area contributed by atoms with Crippen molar-refractivity contribution < 1.29 is 4.74 Å². The molecule has 0 radical (unpaired) electrons. The Morgan fingerprint density at radius 3 is 2.67 bits per heavy atom. The van der Waals surface area contributed by atoms with E-state index in [4.69, 9.17) is 16.3 Å². The number of hydrogen-bond donors (Lipinski definition) is 0. The number of rotatable bonds is 5. The molecule has 0 aliphatic heterocycles. The van der Waals surface area contributed by atoms with E-state index < -0.39 is 0 Å². The molecule has 0 saturated carbocycles. The van der Waals surface area contributed by atoms with Crippen LogP contribution in [0, 0.1) is 3.57 Å². The molecule has 0 unspecified atom stereocenters. The summed E-state index contributed by atoms with van der Waals surface area (Å²) in [6.45, 7) is 2.75. The average Bonchev–Trinajstić information content (AvgIpc) is 2.22. The molecule has 0 aliphatic carbocycles. The minimum absolute atomic E-state index is 0.556. The second-order valence-electron chi connectivity index (χ2n) is 3.18. The number of methoxy groups -OCH3 is 1. The van der Waals surface area contributed by atoms with Crippen LogP contribution in [0.3, 0.4) is 0 Å². The van der Waals surface area contributed by atoms with E-state index in [9.17, 15) is 0 Å². The molecule has 0 fully saturated rings. The van der Waals surface area contributed by atoms with Gasteiger partial charge in [0.1, 0.15) is 11.0 Å². The van der Waals surface area contributed by atoms with Crippen molar-refractivity contribution in [2.45, 2.75) is 26.2 Å². The largest absolute Gasteiger partial charge is 0.384 e. The van der Waals surface area contributed by atoms with Crippen LogP contribution in [-0.4, -0.2) is 23.7 Å². The number of hydrogen-bond acceptors (Lipinski definition) is 3. The lowest BCUT2D eigenvalue weighted by Gasteiger charge is -2.06. The van der Waals surface area contributed by atoms with Crippen molar-refractivity contribution in [1.82, 2.24) is 9.97 Å². The van der Waals surface area contributed by atoms with E-state index in [1.807, 2.05) is 0 Å². The Morgan fingerprint density at radius 1 is 1.33 bits per heavy atom. The first-order valence-electron chi connectivity index (χ1n) is 4.88. The van der Waals surface area contributed by atoms with Crippen LogP contribution < -0.4 is 0 Å². The first-order valence-corrected chi connectivity index (χ1v) is 6.34. The number of aromatic nitrogens is 2. The third-order valence-corrected chi connectivity index (χ3v) is 3.67. The quantitative estimate of drug-likeness (QED) is 0.611. The Bertz CT molecular complexity index is 333. The maximum atomic E-state index is 6.03. The Hall–Kier alpha value is 0.0600. The third kappa shape index (κ3) is 3.85. The van der Waals surface area contributed by atoms with Crippen LogP contribution in [-0.2, 0) is 17.6 Å². The topological polar surface area (TPSA) is 35.0 Å². The molecule has 15 heavy (non-hydrogen) atoms. The summed E-state index contributed by atoms with van der Waals surface area (Å²) in [5, 5.41) is 0.556. The lowest BCUT2D eigenvalue weighted by Crippen LogP contribution is -2.06. The minimum Gasteiger partial charge on any atom is -0.384 e. The van der Waals surface area contributed by atoms with Crippen LogP contribution in [0.5, 0.6) is 0 Å². The van der Waals surface area contributed by atoms with Gasteiger partial charge in [0.15, 0.2) is 0 Å². The highest BCUT2D eigenvalue weighted by Crippen LogP contribution is 2.20. The molecule has 1 aromatic heterocycles. The van der Waals surface area contributed by atoms with Crippen LogP contribution in [0.25, 0.3) is 0 Å². The van der Waals surface area contributed by atoms with Gasteiger partial charge in [-0.1, -0.05) is 24.9 Å². The Labute approximate surface area is 109 Å². The van der Waals surface area contributed by atoms with Gasteiger partial charge in [-0.25, -0.2) is 9.97 Å². The van der Waals surface area contributed by atoms with Gasteiger partial charge in [0.05, 0.1) is 15.9 Å². The van der Waals surface area contributed by atoms with Gasteiger partial charge in [-0.2, -0.15) is 0 Å². The van der Waals surface area contributed by atoms with Crippen molar-refractivity contribution >= 4 is 34.2 Å². The zero-order valence-electron chi connectivity index (χ0n) is 8.89. The van der Waals surface area contributed by atoms with E-state index in [1.165, 1.54) is 0 Å². The monoisotopic (exact) mass is 340 g/mol. The normalized spacial score (nSPS) is 10.7. The van der Waals surface area contributed by atoms with Crippen molar-refractivity contribution in [3.8, 4) is 0 Å². The van der Waals surface area contributed by atoms with Crippen LogP contribution >= 0.6 is 34.2 Å². The second kappa shape index (κ2) is 6.60. The highest BCUT2D eigenvalue weighted by molar-refractivity contribution is 14.1. The summed E-state index contributed by atoms with van der Waals surface area (Å²) in [5.41, 5.74) is 1.05. The number of nitrogens with zero attached hydrogens (tertiary/aromatic N) is 2. The summed E-state index contributed by atoms with van der Waals surface area (Å²) < 4.78 is 5.96. The van der Waals surface area contributed by atoms with Gasteiger partial charge in [-0.3, -0.25) is 0 Å². The summed E-state index contributed by atoms with van der Waals surface area (Å²) in [6.07, 6.45) is 2.72. The zero-order chi connectivity index (χ0) is 11.3. The first-order chi connectivity index (χ1) is 7.19. The van der Waals surface area contributed by atoms with Gasteiger partial charge in [0.2, 0.25) is 0 Å². The fourth-order valence-electron chi connectivity index (χ4n) is 1.22. The molecular weight excluding hydrogens is 326 g/mol. The fraction of sp³-hybridized carbons (Fsp3) is 0.600. The molecule has 0 amide bonds. The number of aryl methyl sites for hydroxylation is 1. The Morgan fingerprint density at radius 2 is 2.07 bits per heavy atom. The SMILES string of the molecule is CCCc1nc(CCOC)nc(Cl)c1I. The number of halogens is 2. The summed E-state index contributed by atoms with van der Waals surface area (Å²) >= 11 is 8.23. The van der Waals surface area contributed by atoms with Crippen LogP contribution in [0.1, 0.15) is 24.9 Å². The highest BCUT2D eigenvalue weighted by atomic mass is 127. The Balaban J connectivity index is 2.90. The smallest absolute Gasteiger partial charge is 0.146 e. The molecule has 1 heterocycles. The first kappa shape index (κ1) is 13.1. The molecule has 5 heteroatoms. The molecule has 0 aliphatic rings. The molecule has 0 N–H and O–H groups in total. The van der Waals surface area contributed by atoms with Crippen molar-refractivity contribution in [2.75, 3.05) is 13.7 Å². The molecule has 0 atom stereocenters. The molecule has 1 rings (SSSR count). The molecule has 0 saturated heterocycles. The lowest BCUT2D eigenvalue weighted by atomic mass is 10.2. The maximum Gasteiger partial charge on any atom is 0.146 e. The van der Waals surface area contributed by atoms with Gasteiger partial charge in [-0.15, -0.1) is 0 Å². The van der Waals surface area contributed by atoms with E-state index in [-0.39, 0.29) is 0 Å². The molecule has 84 valence electrons. The summed E-state index contributed by atoms with van der Waals surface area (Å²) in [4.78, 5) is 8.70. The van der Waals surface area contributed by atoms with Gasteiger partial charge in [0.25, 0.3) is 0 Å². The molecule has 0 aromatic carbocycles. The lowest BCUT2D eigenvalue weighted by molar-refractivity contribution is 0.200. The summed E-state index contributed by atoms with van der Waals surface area (Å²) in [6, 6.07) is 0. The predicted octanol–water partition coefficient (Wildman–Crippen LogP) is 2.88. The van der Waals surface area contributed by atoms with Gasteiger partial charge in [0, 0.05) is 13.5 Å². The zero-order valence-corrected chi connectivity index (χ0v) is 11.8. The van der Waals surface area contributed by atoms with Crippen LogP contribution in [0.15, 0.2) is 0 Å². The highest BCUT2D eigenvalue weighted by Gasteiger charge is 2.09. The minimum atomic E-state index is 0.556. The van der Waals surface area contributed by atoms with E-state index in [0.717, 1.165) is 27.9 Å². The molecular formula is C10H14ClIN2O. The van der Waals surface area contributed by atoms with E-state index in [0.29, 0.717) is 18.2 Å². The maximum absolute atomic E-state index is 6.03. The molecule has 0 spiro atoms. The Kier molecular flexibility index (Phi) is 5.78. The van der Waals surface area contributed by atoms with Crippen molar-refractivity contribution in [1.29, 1.82) is 0 Å². The number of ether oxygens (including phenoxy) is 1. The van der Waals surface area contributed by atoms with Crippen LogP contribution in [0.4, 0.5) is 0 Å².